The first-order valence-corrected chi connectivity index (χ1v) is 11.6. The molecule has 0 atom stereocenters. The standard InChI is InChI=1S/C21H19NO5S2/c1-13-3-5-15(29(2,24)25)12-16(13)22-21(23)20-8-7-19(28-20)14-4-6-17-18(11-14)27-10-9-26-17/h3-8,11-12H,9-10H2,1-2H3,(H,22,23). The maximum atomic E-state index is 12.7. The highest BCUT2D eigenvalue weighted by Gasteiger charge is 2.16. The van der Waals surface area contributed by atoms with Crippen LogP contribution in [-0.4, -0.2) is 33.8 Å². The van der Waals surface area contributed by atoms with Crippen LogP contribution in [0.1, 0.15) is 15.2 Å². The number of amides is 1. The first-order chi connectivity index (χ1) is 13.8. The van der Waals surface area contributed by atoms with Crippen LogP contribution in [0, 0.1) is 6.92 Å². The van der Waals surface area contributed by atoms with Gasteiger partial charge in [0.25, 0.3) is 5.91 Å². The predicted octanol–water partition coefficient (Wildman–Crippen LogP) is 4.15. The number of aryl methyl sites for hydroxylation is 1. The summed E-state index contributed by atoms with van der Waals surface area (Å²) in [5.74, 6) is 1.13. The van der Waals surface area contributed by atoms with Gasteiger partial charge >= 0.3 is 0 Å². The van der Waals surface area contributed by atoms with Crippen LogP contribution in [0.25, 0.3) is 10.4 Å². The molecule has 0 unspecified atom stereocenters. The Balaban J connectivity index is 1.57. The fraction of sp³-hybridized carbons (Fsp3) is 0.190. The van der Waals surface area contributed by atoms with E-state index in [1.807, 2.05) is 31.2 Å². The number of carbonyl (C=O) groups is 1. The summed E-state index contributed by atoms with van der Waals surface area (Å²) in [6, 6.07) is 14.0. The molecule has 0 fully saturated rings. The van der Waals surface area contributed by atoms with Crippen molar-refractivity contribution < 1.29 is 22.7 Å². The second kappa shape index (κ2) is 7.53. The van der Waals surface area contributed by atoms with Crippen molar-refractivity contribution in [2.75, 3.05) is 24.8 Å². The van der Waals surface area contributed by atoms with Gasteiger partial charge in [-0.05, 0) is 60.5 Å². The van der Waals surface area contributed by atoms with Crippen LogP contribution in [0.5, 0.6) is 11.5 Å². The Labute approximate surface area is 173 Å². The monoisotopic (exact) mass is 429 g/mol. The number of carbonyl (C=O) groups excluding carboxylic acids is 1. The number of rotatable bonds is 4. The van der Waals surface area contributed by atoms with E-state index in [-0.39, 0.29) is 10.8 Å². The molecule has 0 saturated carbocycles. The molecule has 1 aliphatic heterocycles. The average molecular weight is 430 g/mol. The number of anilines is 1. The fourth-order valence-electron chi connectivity index (χ4n) is 2.96. The van der Waals surface area contributed by atoms with Crippen molar-refractivity contribution >= 4 is 32.8 Å². The minimum atomic E-state index is -3.35. The van der Waals surface area contributed by atoms with E-state index < -0.39 is 9.84 Å². The lowest BCUT2D eigenvalue weighted by Crippen LogP contribution is -2.15. The molecule has 2 heterocycles. The number of thiophene rings is 1. The zero-order valence-corrected chi connectivity index (χ0v) is 17.5. The van der Waals surface area contributed by atoms with E-state index in [0.29, 0.717) is 29.5 Å². The van der Waals surface area contributed by atoms with Crippen LogP contribution < -0.4 is 14.8 Å². The van der Waals surface area contributed by atoms with Crippen molar-refractivity contribution in [3.05, 3.63) is 59.0 Å². The molecule has 4 rings (SSSR count). The third-order valence-corrected chi connectivity index (χ3v) is 6.79. The fourth-order valence-corrected chi connectivity index (χ4v) is 4.51. The summed E-state index contributed by atoms with van der Waals surface area (Å²) in [5.41, 5.74) is 2.20. The van der Waals surface area contributed by atoms with Gasteiger partial charge in [0, 0.05) is 16.8 Å². The smallest absolute Gasteiger partial charge is 0.265 e. The van der Waals surface area contributed by atoms with Gasteiger partial charge in [-0.3, -0.25) is 4.79 Å². The van der Waals surface area contributed by atoms with Gasteiger partial charge in [-0.1, -0.05) is 6.07 Å². The Bertz CT molecular complexity index is 1200. The molecule has 3 aromatic rings. The van der Waals surface area contributed by atoms with Gasteiger partial charge in [0.1, 0.15) is 13.2 Å². The minimum Gasteiger partial charge on any atom is -0.486 e. The van der Waals surface area contributed by atoms with Gasteiger partial charge in [0.2, 0.25) is 0 Å². The molecule has 1 aliphatic rings. The van der Waals surface area contributed by atoms with Crippen molar-refractivity contribution in [3.63, 3.8) is 0 Å². The zero-order chi connectivity index (χ0) is 20.6. The molecule has 150 valence electrons. The molecule has 29 heavy (non-hydrogen) atoms. The maximum absolute atomic E-state index is 12.7. The lowest BCUT2D eigenvalue weighted by Gasteiger charge is -2.18. The van der Waals surface area contributed by atoms with E-state index >= 15 is 0 Å². The highest BCUT2D eigenvalue weighted by molar-refractivity contribution is 7.90. The molecule has 0 radical (unpaired) electrons. The lowest BCUT2D eigenvalue weighted by molar-refractivity contribution is 0.103. The van der Waals surface area contributed by atoms with E-state index in [2.05, 4.69) is 5.32 Å². The van der Waals surface area contributed by atoms with Gasteiger partial charge in [-0.25, -0.2) is 8.42 Å². The summed E-state index contributed by atoms with van der Waals surface area (Å²) in [7, 11) is -3.35. The quantitative estimate of drug-likeness (QED) is 0.674. The van der Waals surface area contributed by atoms with Crippen LogP contribution in [0.15, 0.2) is 53.4 Å². The molecule has 0 saturated heterocycles. The van der Waals surface area contributed by atoms with Crippen LogP contribution in [0.4, 0.5) is 5.69 Å². The summed E-state index contributed by atoms with van der Waals surface area (Å²) in [6.07, 6.45) is 1.14. The minimum absolute atomic E-state index is 0.168. The van der Waals surface area contributed by atoms with Crippen molar-refractivity contribution in [2.24, 2.45) is 0 Å². The zero-order valence-electron chi connectivity index (χ0n) is 15.9. The van der Waals surface area contributed by atoms with Crippen molar-refractivity contribution in [1.29, 1.82) is 0 Å². The number of hydrogen-bond acceptors (Lipinski definition) is 6. The Kier molecular flexibility index (Phi) is 5.06. The van der Waals surface area contributed by atoms with Crippen molar-refractivity contribution in [1.82, 2.24) is 0 Å². The van der Waals surface area contributed by atoms with Crippen LogP contribution in [-0.2, 0) is 9.84 Å². The largest absolute Gasteiger partial charge is 0.486 e. The van der Waals surface area contributed by atoms with Gasteiger partial charge in [0.15, 0.2) is 21.3 Å². The summed E-state index contributed by atoms with van der Waals surface area (Å²) in [4.78, 5) is 14.3. The molecule has 6 nitrogen and oxygen atoms in total. The molecule has 8 heteroatoms. The molecule has 0 aliphatic carbocycles. The Morgan fingerprint density at radius 2 is 1.76 bits per heavy atom. The van der Waals surface area contributed by atoms with Gasteiger partial charge < -0.3 is 14.8 Å². The third-order valence-electron chi connectivity index (χ3n) is 4.54. The summed E-state index contributed by atoms with van der Waals surface area (Å²) >= 11 is 1.35. The van der Waals surface area contributed by atoms with E-state index in [0.717, 1.165) is 28.0 Å². The highest BCUT2D eigenvalue weighted by atomic mass is 32.2. The molecular formula is C21H19NO5S2. The van der Waals surface area contributed by atoms with Crippen LogP contribution >= 0.6 is 11.3 Å². The maximum Gasteiger partial charge on any atom is 0.265 e. The van der Waals surface area contributed by atoms with E-state index in [9.17, 15) is 13.2 Å². The SMILES string of the molecule is Cc1ccc(S(C)(=O)=O)cc1NC(=O)c1ccc(-c2ccc3c(c2)OCCO3)s1. The second-order valence-corrected chi connectivity index (χ2v) is 9.82. The number of nitrogens with one attached hydrogen (secondary N) is 1. The predicted molar refractivity (Wildman–Crippen MR) is 113 cm³/mol. The Morgan fingerprint density at radius 3 is 2.52 bits per heavy atom. The van der Waals surface area contributed by atoms with E-state index in [1.165, 1.54) is 23.5 Å². The Hall–Kier alpha value is -2.84. The first kappa shape index (κ1) is 19.5. The topological polar surface area (TPSA) is 81.7 Å². The van der Waals surface area contributed by atoms with Crippen LogP contribution in [0.3, 0.4) is 0 Å². The normalized spacial score (nSPS) is 13.2. The van der Waals surface area contributed by atoms with Crippen LogP contribution in [0.2, 0.25) is 0 Å². The average Bonchev–Trinajstić information content (AvgIpc) is 3.19. The van der Waals surface area contributed by atoms with Gasteiger partial charge in [-0.15, -0.1) is 11.3 Å². The van der Waals surface area contributed by atoms with Crippen molar-refractivity contribution in [3.8, 4) is 21.9 Å². The number of sulfone groups is 1. The summed E-state index contributed by atoms with van der Waals surface area (Å²) < 4.78 is 34.7. The van der Waals surface area contributed by atoms with Gasteiger partial charge in [-0.2, -0.15) is 0 Å². The highest BCUT2D eigenvalue weighted by Crippen LogP contribution is 2.37. The Morgan fingerprint density at radius 1 is 1.00 bits per heavy atom. The number of hydrogen-bond donors (Lipinski definition) is 1. The van der Waals surface area contributed by atoms with Crippen molar-refractivity contribution in [2.45, 2.75) is 11.8 Å². The van der Waals surface area contributed by atoms with Gasteiger partial charge in [0.05, 0.1) is 9.77 Å². The molecule has 0 bridgehead atoms. The second-order valence-electron chi connectivity index (χ2n) is 6.73. The molecular weight excluding hydrogens is 410 g/mol. The summed E-state index contributed by atoms with van der Waals surface area (Å²) in [5, 5.41) is 2.82. The molecule has 2 aromatic carbocycles. The summed E-state index contributed by atoms with van der Waals surface area (Å²) in [6.45, 7) is 2.87. The number of ether oxygens (including phenoxy) is 2. The first-order valence-electron chi connectivity index (χ1n) is 8.93. The molecule has 1 amide bonds. The molecule has 1 aromatic heterocycles. The molecule has 1 N–H and O–H groups in total. The lowest BCUT2D eigenvalue weighted by atomic mass is 10.1. The molecule has 0 spiro atoms. The van der Waals surface area contributed by atoms with E-state index in [4.69, 9.17) is 9.47 Å². The third kappa shape index (κ3) is 4.13. The number of benzene rings is 2. The van der Waals surface area contributed by atoms with E-state index in [1.54, 1.807) is 12.1 Å². The number of fused-ring (bicyclic) bond motifs is 1.